The summed E-state index contributed by atoms with van der Waals surface area (Å²) in [6, 6.07) is 19.8. The van der Waals surface area contributed by atoms with Crippen molar-refractivity contribution in [3.05, 3.63) is 77.9 Å². The number of ether oxygens (including phenoxy) is 1. The first-order valence-corrected chi connectivity index (χ1v) is 8.19. The summed E-state index contributed by atoms with van der Waals surface area (Å²) < 4.78 is 5.28. The maximum atomic E-state index is 12.1. The van der Waals surface area contributed by atoms with E-state index in [1.807, 2.05) is 72.8 Å². The summed E-state index contributed by atoms with van der Waals surface area (Å²) in [4.78, 5) is 18.2. The molecular weight excluding hydrogens is 302 g/mol. The number of carbonyl (C=O) groups excluding carboxylic acids is 1. The van der Waals surface area contributed by atoms with Crippen LogP contribution in [-0.4, -0.2) is 30.2 Å². The van der Waals surface area contributed by atoms with Crippen molar-refractivity contribution in [3.8, 4) is 0 Å². The number of esters is 1. The van der Waals surface area contributed by atoms with Crippen molar-refractivity contribution in [2.45, 2.75) is 12.1 Å². The second-order valence-electron chi connectivity index (χ2n) is 6.09. The van der Waals surface area contributed by atoms with E-state index in [1.165, 1.54) is 0 Å². The molecule has 0 aromatic heterocycles. The van der Waals surface area contributed by atoms with Gasteiger partial charge in [0.1, 0.15) is 12.1 Å². The number of hydroxylamine groups is 2. The second-order valence-corrected chi connectivity index (χ2v) is 6.09. The summed E-state index contributed by atoms with van der Waals surface area (Å²) >= 11 is 0. The SMILES string of the molecule is O=C1OC[C@H]2[C@H](c3ccccc3)ON(C/C=C/c3ccccc3)[C@@H]12. The minimum absolute atomic E-state index is 0.0463. The van der Waals surface area contributed by atoms with E-state index < -0.39 is 0 Å². The van der Waals surface area contributed by atoms with Gasteiger partial charge in [0.05, 0.1) is 12.5 Å². The van der Waals surface area contributed by atoms with Gasteiger partial charge in [-0.15, -0.1) is 0 Å². The van der Waals surface area contributed by atoms with E-state index >= 15 is 0 Å². The predicted molar refractivity (Wildman–Crippen MR) is 90.7 cm³/mol. The highest BCUT2D eigenvalue weighted by atomic mass is 16.7. The lowest BCUT2D eigenvalue weighted by atomic mass is 9.93. The maximum absolute atomic E-state index is 12.1. The van der Waals surface area contributed by atoms with E-state index in [1.54, 1.807) is 5.06 Å². The Kier molecular flexibility index (Phi) is 4.15. The molecule has 0 radical (unpaired) electrons. The van der Waals surface area contributed by atoms with Gasteiger partial charge in [0.25, 0.3) is 0 Å². The molecule has 4 rings (SSSR count). The number of rotatable bonds is 4. The molecule has 4 nitrogen and oxygen atoms in total. The number of nitrogens with zero attached hydrogens (tertiary/aromatic N) is 1. The van der Waals surface area contributed by atoms with E-state index in [9.17, 15) is 4.79 Å². The lowest BCUT2D eigenvalue weighted by Crippen LogP contribution is -2.35. The number of hydrogen-bond donors (Lipinski definition) is 0. The van der Waals surface area contributed by atoms with Crippen LogP contribution in [-0.2, 0) is 14.4 Å². The minimum Gasteiger partial charge on any atom is -0.464 e. The van der Waals surface area contributed by atoms with Crippen LogP contribution in [0, 0.1) is 5.92 Å². The highest BCUT2D eigenvalue weighted by molar-refractivity contribution is 5.78. The fourth-order valence-corrected chi connectivity index (χ4v) is 3.37. The zero-order chi connectivity index (χ0) is 16.4. The monoisotopic (exact) mass is 321 g/mol. The maximum Gasteiger partial charge on any atom is 0.326 e. The number of fused-ring (bicyclic) bond motifs is 1. The normalized spacial score (nSPS) is 26.7. The van der Waals surface area contributed by atoms with Gasteiger partial charge in [0, 0.05) is 6.54 Å². The van der Waals surface area contributed by atoms with E-state index in [0.29, 0.717) is 13.2 Å². The van der Waals surface area contributed by atoms with E-state index in [2.05, 4.69) is 0 Å². The van der Waals surface area contributed by atoms with E-state index in [-0.39, 0.29) is 24.0 Å². The lowest BCUT2D eigenvalue weighted by Gasteiger charge is -2.18. The quantitative estimate of drug-likeness (QED) is 0.811. The van der Waals surface area contributed by atoms with Gasteiger partial charge in [0.15, 0.2) is 0 Å². The molecule has 2 aliphatic rings. The van der Waals surface area contributed by atoms with Crippen molar-refractivity contribution in [2.75, 3.05) is 13.2 Å². The molecule has 2 heterocycles. The molecule has 4 heteroatoms. The molecule has 0 spiro atoms. The predicted octanol–water partition coefficient (Wildman–Crippen LogP) is 3.23. The molecule has 0 bridgehead atoms. The van der Waals surface area contributed by atoms with Crippen molar-refractivity contribution in [1.82, 2.24) is 5.06 Å². The number of carbonyl (C=O) groups is 1. The third-order valence-electron chi connectivity index (χ3n) is 4.54. The Balaban J connectivity index is 1.51. The van der Waals surface area contributed by atoms with E-state index in [0.717, 1.165) is 11.1 Å². The smallest absolute Gasteiger partial charge is 0.326 e. The van der Waals surface area contributed by atoms with Gasteiger partial charge < -0.3 is 4.74 Å². The van der Waals surface area contributed by atoms with Crippen molar-refractivity contribution < 1.29 is 14.4 Å². The molecule has 2 aliphatic heterocycles. The Morgan fingerprint density at radius 3 is 2.50 bits per heavy atom. The topological polar surface area (TPSA) is 38.8 Å². The molecule has 0 amide bonds. The van der Waals surface area contributed by atoms with Gasteiger partial charge in [0.2, 0.25) is 0 Å². The molecule has 24 heavy (non-hydrogen) atoms. The third-order valence-corrected chi connectivity index (χ3v) is 4.54. The molecule has 122 valence electrons. The summed E-state index contributed by atoms with van der Waals surface area (Å²) in [7, 11) is 0. The minimum atomic E-state index is -0.323. The van der Waals surface area contributed by atoms with Crippen LogP contribution in [0.4, 0.5) is 0 Å². The van der Waals surface area contributed by atoms with Crippen LogP contribution in [0.5, 0.6) is 0 Å². The highest BCUT2D eigenvalue weighted by Gasteiger charge is 2.52. The standard InChI is InChI=1S/C20H19NO3/c22-20-18-17(14-23-20)19(16-11-5-2-6-12-16)24-21(18)13-7-10-15-8-3-1-4-9-15/h1-12,17-19H,13-14H2/b10-7+/t17-,18-,19+/m1/s1. The van der Waals surface area contributed by atoms with Gasteiger partial charge in [-0.2, -0.15) is 5.06 Å². The van der Waals surface area contributed by atoms with Gasteiger partial charge in [-0.1, -0.05) is 72.8 Å². The van der Waals surface area contributed by atoms with Crippen LogP contribution in [0.25, 0.3) is 6.08 Å². The molecule has 0 N–H and O–H groups in total. The van der Waals surface area contributed by atoms with Crippen LogP contribution >= 0.6 is 0 Å². The highest BCUT2D eigenvalue weighted by Crippen LogP contribution is 2.42. The first kappa shape index (κ1) is 15.1. The van der Waals surface area contributed by atoms with Crippen molar-refractivity contribution in [3.63, 3.8) is 0 Å². The largest absolute Gasteiger partial charge is 0.464 e. The molecule has 2 aromatic carbocycles. The summed E-state index contributed by atoms with van der Waals surface area (Å²) in [5.74, 6) is -0.142. The molecule has 3 atom stereocenters. The van der Waals surface area contributed by atoms with Gasteiger partial charge in [-0.05, 0) is 11.1 Å². The summed E-state index contributed by atoms with van der Waals surface area (Å²) in [6.45, 7) is 0.969. The first-order valence-electron chi connectivity index (χ1n) is 8.19. The first-order chi connectivity index (χ1) is 11.8. The molecule has 2 aromatic rings. The number of hydrogen-bond acceptors (Lipinski definition) is 4. The lowest BCUT2D eigenvalue weighted by molar-refractivity contribution is -0.180. The van der Waals surface area contributed by atoms with Gasteiger partial charge >= 0.3 is 5.97 Å². The van der Waals surface area contributed by atoms with Crippen LogP contribution in [0.1, 0.15) is 17.2 Å². The zero-order valence-electron chi connectivity index (χ0n) is 13.2. The Bertz CT molecular complexity index is 729. The average Bonchev–Trinajstić information content (AvgIpc) is 3.18. The molecule has 0 saturated carbocycles. The summed E-state index contributed by atoms with van der Waals surface area (Å²) in [5.41, 5.74) is 2.21. The molecule has 0 unspecified atom stereocenters. The summed E-state index contributed by atoms with van der Waals surface area (Å²) in [6.07, 6.45) is 3.92. The fraction of sp³-hybridized carbons (Fsp3) is 0.250. The van der Waals surface area contributed by atoms with Crippen molar-refractivity contribution in [1.29, 1.82) is 0 Å². The average molecular weight is 321 g/mol. The molecular formula is C20H19NO3. The second kappa shape index (κ2) is 6.59. The molecule has 0 aliphatic carbocycles. The van der Waals surface area contributed by atoms with Crippen LogP contribution < -0.4 is 0 Å². The van der Waals surface area contributed by atoms with E-state index in [4.69, 9.17) is 9.57 Å². The number of cyclic esters (lactones) is 1. The summed E-state index contributed by atoms with van der Waals surface area (Å²) in [5, 5.41) is 1.76. The van der Waals surface area contributed by atoms with Crippen LogP contribution in [0.15, 0.2) is 66.7 Å². The Labute approximate surface area is 141 Å². The van der Waals surface area contributed by atoms with Crippen LogP contribution in [0.3, 0.4) is 0 Å². The Morgan fingerprint density at radius 2 is 1.75 bits per heavy atom. The fourth-order valence-electron chi connectivity index (χ4n) is 3.37. The van der Waals surface area contributed by atoms with Crippen molar-refractivity contribution in [2.24, 2.45) is 5.92 Å². The zero-order valence-corrected chi connectivity index (χ0v) is 13.2. The number of benzene rings is 2. The third kappa shape index (κ3) is 2.86. The molecule has 2 saturated heterocycles. The Morgan fingerprint density at radius 1 is 1.04 bits per heavy atom. The van der Waals surface area contributed by atoms with Crippen molar-refractivity contribution >= 4 is 12.0 Å². The van der Waals surface area contributed by atoms with Gasteiger partial charge in [-0.25, -0.2) is 0 Å². The van der Waals surface area contributed by atoms with Crippen LogP contribution in [0.2, 0.25) is 0 Å². The van der Waals surface area contributed by atoms with Gasteiger partial charge in [-0.3, -0.25) is 9.63 Å². The molecule has 2 fully saturated rings. The Hall–Kier alpha value is -2.43.